The highest BCUT2D eigenvalue weighted by Gasteiger charge is 2.36. The SMILES string of the molecule is CCC(CNC(=O)CN1C(=O)SC(=Cc2cccs2)C1=O)c1ccccc1. The van der Waals surface area contributed by atoms with Crippen molar-refractivity contribution < 1.29 is 14.4 Å². The lowest BCUT2D eigenvalue weighted by molar-refractivity contribution is -0.129. The average molecular weight is 401 g/mol. The molecule has 1 aliphatic heterocycles. The Bertz CT molecular complexity index is 847. The van der Waals surface area contributed by atoms with Gasteiger partial charge in [0.25, 0.3) is 11.1 Å². The molecule has 2 aromatic rings. The predicted molar refractivity (Wildman–Crippen MR) is 109 cm³/mol. The second-order valence-corrected chi connectivity index (χ2v) is 8.08. The van der Waals surface area contributed by atoms with Gasteiger partial charge in [-0.2, -0.15) is 0 Å². The standard InChI is InChI=1S/C20H20N2O3S2/c1-2-14(15-7-4-3-5-8-15)12-21-18(23)13-22-19(24)17(27-20(22)25)11-16-9-6-10-26-16/h3-11,14H,2,12-13H2,1H3,(H,21,23). The Morgan fingerprint density at radius 2 is 1.96 bits per heavy atom. The average Bonchev–Trinajstić information content (AvgIpc) is 3.27. The molecule has 140 valence electrons. The fraction of sp³-hybridized carbons (Fsp3) is 0.250. The van der Waals surface area contributed by atoms with Crippen LogP contribution in [0.25, 0.3) is 6.08 Å². The van der Waals surface area contributed by atoms with Crippen LogP contribution in [0.5, 0.6) is 0 Å². The van der Waals surface area contributed by atoms with Gasteiger partial charge >= 0.3 is 0 Å². The number of rotatable bonds is 7. The molecule has 1 unspecified atom stereocenters. The van der Waals surface area contributed by atoms with Gasteiger partial charge in [-0.1, -0.05) is 43.3 Å². The molecule has 3 rings (SSSR count). The Balaban J connectivity index is 1.57. The maximum absolute atomic E-state index is 12.4. The Morgan fingerprint density at radius 1 is 1.19 bits per heavy atom. The summed E-state index contributed by atoms with van der Waals surface area (Å²) in [5.74, 6) is -0.545. The van der Waals surface area contributed by atoms with E-state index in [4.69, 9.17) is 0 Å². The van der Waals surface area contributed by atoms with Crippen LogP contribution in [0.3, 0.4) is 0 Å². The number of thioether (sulfide) groups is 1. The smallest absolute Gasteiger partial charge is 0.294 e. The third kappa shape index (κ3) is 4.87. The van der Waals surface area contributed by atoms with E-state index < -0.39 is 11.1 Å². The third-order valence-electron chi connectivity index (χ3n) is 4.30. The van der Waals surface area contributed by atoms with E-state index >= 15 is 0 Å². The fourth-order valence-corrected chi connectivity index (χ4v) is 4.36. The molecule has 1 fully saturated rings. The van der Waals surface area contributed by atoms with Crippen molar-refractivity contribution in [3.8, 4) is 0 Å². The zero-order chi connectivity index (χ0) is 19.2. The van der Waals surface area contributed by atoms with E-state index in [0.717, 1.165) is 33.5 Å². The number of benzene rings is 1. The molecule has 1 N–H and O–H groups in total. The largest absolute Gasteiger partial charge is 0.354 e. The zero-order valence-corrected chi connectivity index (χ0v) is 16.5. The number of hydrogen-bond acceptors (Lipinski definition) is 5. The molecule has 1 aromatic heterocycles. The first-order chi connectivity index (χ1) is 13.1. The molecule has 7 heteroatoms. The fourth-order valence-electron chi connectivity index (χ4n) is 2.80. The van der Waals surface area contributed by atoms with Crippen LogP contribution in [0.4, 0.5) is 4.79 Å². The Morgan fingerprint density at radius 3 is 2.63 bits per heavy atom. The van der Waals surface area contributed by atoms with E-state index in [0.29, 0.717) is 11.4 Å². The van der Waals surface area contributed by atoms with Crippen molar-refractivity contribution in [1.82, 2.24) is 10.2 Å². The molecule has 0 saturated carbocycles. The van der Waals surface area contributed by atoms with E-state index in [1.54, 1.807) is 6.08 Å². The quantitative estimate of drug-likeness (QED) is 0.711. The van der Waals surface area contributed by atoms with Gasteiger partial charge in [0.15, 0.2) is 0 Å². The van der Waals surface area contributed by atoms with Gasteiger partial charge in [-0.15, -0.1) is 11.3 Å². The Labute approximate surface area is 166 Å². The van der Waals surface area contributed by atoms with Crippen molar-refractivity contribution in [3.05, 3.63) is 63.2 Å². The second kappa shape index (κ2) is 9.01. The van der Waals surface area contributed by atoms with Crippen molar-refractivity contribution in [1.29, 1.82) is 0 Å². The number of carbonyl (C=O) groups is 3. The van der Waals surface area contributed by atoms with Crippen molar-refractivity contribution in [2.24, 2.45) is 0 Å². The summed E-state index contributed by atoms with van der Waals surface area (Å²) < 4.78 is 0. The molecule has 1 aromatic carbocycles. The molecule has 3 amide bonds. The number of amides is 3. The van der Waals surface area contributed by atoms with Crippen LogP contribution in [0.15, 0.2) is 52.7 Å². The normalized spacial score (nSPS) is 16.8. The number of hydrogen-bond donors (Lipinski definition) is 1. The second-order valence-electron chi connectivity index (χ2n) is 6.10. The van der Waals surface area contributed by atoms with Crippen LogP contribution in [0, 0.1) is 0 Å². The van der Waals surface area contributed by atoms with E-state index in [2.05, 4.69) is 12.2 Å². The molecule has 5 nitrogen and oxygen atoms in total. The first-order valence-electron chi connectivity index (χ1n) is 8.69. The summed E-state index contributed by atoms with van der Waals surface area (Å²) >= 11 is 2.36. The first kappa shape index (κ1) is 19.4. The van der Waals surface area contributed by atoms with Gasteiger partial charge in [-0.3, -0.25) is 19.3 Å². The molecular weight excluding hydrogens is 380 g/mol. The summed E-state index contributed by atoms with van der Waals surface area (Å²) in [5, 5.41) is 4.34. The number of nitrogens with one attached hydrogen (secondary N) is 1. The molecule has 1 atom stereocenters. The van der Waals surface area contributed by atoms with Crippen LogP contribution < -0.4 is 5.32 Å². The van der Waals surface area contributed by atoms with Crippen molar-refractivity contribution >= 4 is 46.2 Å². The van der Waals surface area contributed by atoms with Gasteiger partial charge in [0, 0.05) is 17.3 Å². The summed E-state index contributed by atoms with van der Waals surface area (Å²) in [6.07, 6.45) is 2.57. The van der Waals surface area contributed by atoms with Gasteiger partial charge in [0.05, 0.1) is 4.91 Å². The lowest BCUT2D eigenvalue weighted by Gasteiger charge is -2.17. The van der Waals surface area contributed by atoms with Crippen LogP contribution >= 0.6 is 23.1 Å². The maximum atomic E-state index is 12.4. The topological polar surface area (TPSA) is 66.5 Å². The molecule has 0 radical (unpaired) electrons. The van der Waals surface area contributed by atoms with Crippen molar-refractivity contribution in [2.45, 2.75) is 19.3 Å². The zero-order valence-electron chi connectivity index (χ0n) is 14.9. The van der Waals surface area contributed by atoms with E-state index in [1.807, 2.05) is 47.8 Å². The highest BCUT2D eigenvalue weighted by molar-refractivity contribution is 8.18. The molecule has 27 heavy (non-hydrogen) atoms. The Kier molecular flexibility index (Phi) is 6.47. The van der Waals surface area contributed by atoms with Crippen molar-refractivity contribution in [2.75, 3.05) is 13.1 Å². The summed E-state index contributed by atoms with van der Waals surface area (Å²) in [4.78, 5) is 39.1. The summed E-state index contributed by atoms with van der Waals surface area (Å²) in [6.45, 7) is 2.29. The minimum absolute atomic E-state index is 0.198. The monoisotopic (exact) mass is 400 g/mol. The summed E-state index contributed by atoms with van der Waals surface area (Å²) in [6, 6.07) is 13.7. The van der Waals surface area contributed by atoms with Crippen molar-refractivity contribution in [3.63, 3.8) is 0 Å². The van der Waals surface area contributed by atoms with Crippen LogP contribution in [0.1, 0.15) is 29.7 Å². The van der Waals surface area contributed by atoms with Crippen LogP contribution in [-0.2, 0) is 9.59 Å². The number of thiophene rings is 1. The highest BCUT2D eigenvalue weighted by atomic mass is 32.2. The van der Waals surface area contributed by atoms with Gasteiger partial charge < -0.3 is 5.32 Å². The molecule has 0 spiro atoms. The lowest BCUT2D eigenvalue weighted by Crippen LogP contribution is -2.40. The third-order valence-corrected chi connectivity index (χ3v) is 6.03. The number of nitrogens with zero attached hydrogens (tertiary/aromatic N) is 1. The molecule has 0 bridgehead atoms. The minimum atomic E-state index is -0.413. The molecule has 1 saturated heterocycles. The van der Waals surface area contributed by atoms with Gasteiger partial charge in [-0.25, -0.2) is 0 Å². The molecule has 2 heterocycles. The molecular formula is C20H20N2O3S2. The van der Waals surface area contributed by atoms with Gasteiger partial charge in [0.1, 0.15) is 6.54 Å². The summed E-state index contributed by atoms with van der Waals surface area (Å²) in [7, 11) is 0. The Hall–Kier alpha value is -2.38. The van der Waals surface area contributed by atoms with Crippen LogP contribution in [-0.4, -0.2) is 35.0 Å². The van der Waals surface area contributed by atoms with Gasteiger partial charge in [0.2, 0.25) is 5.91 Å². The number of imide groups is 1. The minimum Gasteiger partial charge on any atom is -0.354 e. The predicted octanol–water partition coefficient (Wildman–Crippen LogP) is 4.09. The summed E-state index contributed by atoms with van der Waals surface area (Å²) in [5.41, 5.74) is 1.16. The highest BCUT2D eigenvalue weighted by Crippen LogP contribution is 2.32. The number of carbonyl (C=O) groups excluding carboxylic acids is 3. The van der Waals surface area contributed by atoms with E-state index in [9.17, 15) is 14.4 Å². The van der Waals surface area contributed by atoms with Gasteiger partial charge in [-0.05, 0) is 41.3 Å². The van der Waals surface area contributed by atoms with Crippen LogP contribution in [0.2, 0.25) is 0 Å². The maximum Gasteiger partial charge on any atom is 0.294 e. The molecule has 0 aliphatic carbocycles. The molecule has 1 aliphatic rings. The van der Waals surface area contributed by atoms with E-state index in [1.165, 1.54) is 11.3 Å². The van der Waals surface area contributed by atoms with E-state index in [-0.39, 0.29) is 18.4 Å². The lowest BCUT2D eigenvalue weighted by atomic mass is 9.96. The first-order valence-corrected chi connectivity index (χ1v) is 10.4.